The van der Waals surface area contributed by atoms with E-state index in [1.54, 1.807) is 38.5 Å². The second-order valence-electron chi connectivity index (χ2n) is 8.08. The number of nitrogens with zero attached hydrogens (tertiary/aromatic N) is 1. The lowest BCUT2D eigenvalue weighted by molar-refractivity contribution is 0.0642. The van der Waals surface area contributed by atoms with Crippen molar-refractivity contribution < 1.29 is 19.1 Å². The molecule has 34 heavy (non-hydrogen) atoms. The molecule has 0 fully saturated rings. The molecule has 0 aliphatic carbocycles. The summed E-state index contributed by atoms with van der Waals surface area (Å²) in [7, 11) is 3.28. The normalized spacial score (nSPS) is 12.6. The summed E-state index contributed by atoms with van der Waals surface area (Å²) in [6.07, 6.45) is 0. The number of hydrogen-bond acceptors (Lipinski definition) is 4. The number of imide groups is 1. The van der Waals surface area contributed by atoms with Crippen molar-refractivity contribution in [2.75, 3.05) is 14.2 Å². The first-order chi connectivity index (χ1) is 16.6. The summed E-state index contributed by atoms with van der Waals surface area (Å²) in [6.45, 7) is 0.207. The maximum absolute atomic E-state index is 12.9. The fraction of sp³-hybridized carbons (Fsp3) is 0.103. The molecule has 0 N–H and O–H groups in total. The van der Waals surface area contributed by atoms with Gasteiger partial charge in [0, 0.05) is 0 Å². The van der Waals surface area contributed by atoms with E-state index in [9.17, 15) is 9.59 Å². The van der Waals surface area contributed by atoms with E-state index in [1.807, 2.05) is 66.7 Å². The van der Waals surface area contributed by atoms with Crippen LogP contribution in [-0.2, 0) is 6.54 Å². The highest BCUT2D eigenvalue weighted by molar-refractivity contribution is 6.21. The number of fused-ring (bicyclic) bond motifs is 1. The van der Waals surface area contributed by atoms with Crippen molar-refractivity contribution in [2.45, 2.75) is 6.54 Å². The smallest absolute Gasteiger partial charge is 0.261 e. The lowest BCUT2D eigenvalue weighted by Gasteiger charge is -2.17. The molecule has 0 bridgehead atoms. The fourth-order valence-electron chi connectivity index (χ4n) is 4.29. The minimum atomic E-state index is -0.258. The van der Waals surface area contributed by atoms with Crippen molar-refractivity contribution in [3.8, 4) is 33.8 Å². The van der Waals surface area contributed by atoms with Crippen LogP contribution in [0.5, 0.6) is 11.5 Å². The lowest BCUT2D eigenvalue weighted by atomic mass is 9.92. The Morgan fingerprint density at radius 1 is 0.588 bits per heavy atom. The number of carbonyl (C=O) groups is 2. The maximum atomic E-state index is 12.9. The molecule has 4 aromatic carbocycles. The molecule has 168 valence electrons. The summed E-state index contributed by atoms with van der Waals surface area (Å²) in [5, 5.41) is 0. The van der Waals surface area contributed by atoms with E-state index >= 15 is 0 Å². The lowest BCUT2D eigenvalue weighted by Crippen LogP contribution is -2.29. The van der Waals surface area contributed by atoms with Gasteiger partial charge in [-0.2, -0.15) is 0 Å². The maximum Gasteiger partial charge on any atom is 0.261 e. The molecule has 0 radical (unpaired) electrons. The van der Waals surface area contributed by atoms with E-state index < -0.39 is 0 Å². The monoisotopic (exact) mass is 449 g/mol. The second-order valence-corrected chi connectivity index (χ2v) is 8.08. The molecule has 2 amide bonds. The fourth-order valence-corrected chi connectivity index (χ4v) is 4.29. The van der Waals surface area contributed by atoms with Crippen molar-refractivity contribution in [2.24, 2.45) is 0 Å². The van der Waals surface area contributed by atoms with Crippen LogP contribution in [0.2, 0.25) is 0 Å². The van der Waals surface area contributed by atoms with Crippen molar-refractivity contribution in [3.05, 3.63) is 108 Å². The summed E-state index contributed by atoms with van der Waals surface area (Å²) in [5.41, 5.74) is 5.88. The Kier molecular flexibility index (Phi) is 5.60. The zero-order chi connectivity index (χ0) is 23.7. The van der Waals surface area contributed by atoms with Crippen LogP contribution in [0.15, 0.2) is 91.0 Å². The van der Waals surface area contributed by atoms with E-state index in [2.05, 4.69) is 0 Å². The van der Waals surface area contributed by atoms with E-state index in [1.165, 1.54) is 4.90 Å². The average molecular weight is 450 g/mol. The number of ether oxygens (including phenoxy) is 2. The van der Waals surface area contributed by atoms with Crippen LogP contribution >= 0.6 is 0 Å². The predicted octanol–water partition coefficient (Wildman–Crippen LogP) is 5.83. The van der Waals surface area contributed by atoms with Crippen LogP contribution in [0, 0.1) is 0 Å². The molecule has 5 rings (SSSR count). The van der Waals surface area contributed by atoms with Gasteiger partial charge in [0.15, 0.2) is 0 Å². The Labute approximate surface area is 198 Å². The first-order valence-corrected chi connectivity index (χ1v) is 11.0. The van der Waals surface area contributed by atoms with Gasteiger partial charge in [-0.3, -0.25) is 14.5 Å². The van der Waals surface area contributed by atoms with Gasteiger partial charge >= 0.3 is 0 Å². The molecular formula is C29H23NO4. The third-order valence-electron chi connectivity index (χ3n) is 6.10. The SMILES string of the molecule is COc1ccc(-c2ccc(CN3C(=O)c4ccccc4C3=O)cc2-c2ccc(OC)cc2)cc1. The van der Waals surface area contributed by atoms with Gasteiger partial charge in [0.2, 0.25) is 0 Å². The molecule has 0 saturated carbocycles. The minimum absolute atomic E-state index is 0.207. The summed E-state index contributed by atoms with van der Waals surface area (Å²) in [5.74, 6) is 1.05. The molecule has 1 heterocycles. The number of hydrogen-bond donors (Lipinski definition) is 0. The number of benzene rings is 4. The first kappa shape index (κ1) is 21.5. The van der Waals surface area contributed by atoms with Gasteiger partial charge in [-0.15, -0.1) is 0 Å². The quantitative estimate of drug-likeness (QED) is 0.347. The molecule has 5 heteroatoms. The molecule has 0 spiro atoms. The summed E-state index contributed by atoms with van der Waals surface area (Å²) < 4.78 is 10.6. The van der Waals surface area contributed by atoms with Crippen molar-refractivity contribution >= 4 is 11.8 Å². The largest absolute Gasteiger partial charge is 0.497 e. The summed E-state index contributed by atoms with van der Waals surface area (Å²) in [6, 6.07) is 28.8. The number of rotatable bonds is 6. The molecule has 1 aliphatic rings. The number of methoxy groups -OCH3 is 2. The Balaban J connectivity index is 1.54. The third-order valence-corrected chi connectivity index (χ3v) is 6.10. The van der Waals surface area contributed by atoms with Gasteiger partial charge in [-0.25, -0.2) is 0 Å². The molecule has 0 unspecified atom stereocenters. The topological polar surface area (TPSA) is 55.8 Å². The molecule has 5 nitrogen and oxygen atoms in total. The van der Waals surface area contributed by atoms with Crippen molar-refractivity contribution in [3.63, 3.8) is 0 Å². The van der Waals surface area contributed by atoms with Crippen LogP contribution in [0.3, 0.4) is 0 Å². The first-order valence-electron chi connectivity index (χ1n) is 11.0. The summed E-state index contributed by atoms with van der Waals surface area (Å²) in [4.78, 5) is 27.0. The van der Waals surface area contributed by atoms with Crippen molar-refractivity contribution in [1.82, 2.24) is 4.90 Å². The van der Waals surface area contributed by atoms with E-state index in [0.717, 1.165) is 39.3 Å². The Morgan fingerprint density at radius 3 is 1.59 bits per heavy atom. The predicted molar refractivity (Wildman–Crippen MR) is 131 cm³/mol. The zero-order valence-electron chi connectivity index (χ0n) is 18.9. The Hall–Kier alpha value is -4.38. The highest BCUT2D eigenvalue weighted by Gasteiger charge is 2.35. The van der Waals surface area contributed by atoms with Crippen molar-refractivity contribution in [1.29, 1.82) is 0 Å². The van der Waals surface area contributed by atoms with E-state index in [-0.39, 0.29) is 18.4 Å². The average Bonchev–Trinajstić information content (AvgIpc) is 3.14. The van der Waals surface area contributed by atoms with Crippen LogP contribution in [0.25, 0.3) is 22.3 Å². The summed E-state index contributed by atoms with van der Waals surface area (Å²) >= 11 is 0. The highest BCUT2D eigenvalue weighted by atomic mass is 16.5. The molecule has 0 atom stereocenters. The standard InChI is InChI=1S/C29H23NO4/c1-33-22-12-8-20(9-13-22)24-16-7-19(17-27(24)21-10-14-23(34-2)15-11-21)18-30-28(31)25-5-3-4-6-26(25)29(30)32/h3-17H,18H2,1-2H3. The van der Waals surface area contributed by atoms with Gasteiger partial charge in [0.25, 0.3) is 11.8 Å². The Morgan fingerprint density at radius 2 is 1.09 bits per heavy atom. The van der Waals surface area contributed by atoms with Gasteiger partial charge in [0.05, 0.1) is 31.9 Å². The molecular weight excluding hydrogens is 426 g/mol. The van der Waals surface area contributed by atoms with Gasteiger partial charge < -0.3 is 9.47 Å². The number of amides is 2. The van der Waals surface area contributed by atoms with Gasteiger partial charge in [-0.05, 0) is 70.3 Å². The van der Waals surface area contributed by atoms with Crippen LogP contribution < -0.4 is 9.47 Å². The van der Waals surface area contributed by atoms with E-state index in [0.29, 0.717) is 11.1 Å². The Bertz CT molecular complexity index is 1340. The highest BCUT2D eigenvalue weighted by Crippen LogP contribution is 2.35. The molecule has 4 aromatic rings. The van der Waals surface area contributed by atoms with Crippen LogP contribution in [-0.4, -0.2) is 30.9 Å². The van der Waals surface area contributed by atoms with Gasteiger partial charge in [0.1, 0.15) is 11.5 Å². The van der Waals surface area contributed by atoms with Crippen LogP contribution in [0.1, 0.15) is 26.3 Å². The minimum Gasteiger partial charge on any atom is -0.497 e. The zero-order valence-corrected chi connectivity index (χ0v) is 18.9. The second kappa shape index (κ2) is 8.87. The third kappa shape index (κ3) is 3.82. The number of carbonyl (C=O) groups excluding carboxylic acids is 2. The molecule has 1 aliphatic heterocycles. The van der Waals surface area contributed by atoms with Crippen LogP contribution in [0.4, 0.5) is 0 Å². The van der Waals surface area contributed by atoms with Gasteiger partial charge in [-0.1, -0.05) is 48.5 Å². The van der Waals surface area contributed by atoms with E-state index in [4.69, 9.17) is 9.47 Å². The molecule has 0 saturated heterocycles. The molecule has 0 aromatic heterocycles.